The third-order valence-corrected chi connectivity index (χ3v) is 6.01. The third-order valence-electron chi connectivity index (χ3n) is 5.42. The predicted octanol–water partition coefficient (Wildman–Crippen LogP) is 7.06. The summed E-state index contributed by atoms with van der Waals surface area (Å²) >= 11 is 3.31. The molecule has 4 aromatic rings. The number of halogens is 4. The molecule has 4 rings (SSSR count). The first-order chi connectivity index (χ1) is 18.2. The normalized spacial score (nSPS) is 12.3. The van der Waals surface area contributed by atoms with Crippen molar-refractivity contribution in [2.75, 3.05) is 6.61 Å². The predicted molar refractivity (Wildman–Crippen MR) is 145 cm³/mol. The van der Waals surface area contributed by atoms with Gasteiger partial charge < -0.3 is 4.74 Å². The van der Waals surface area contributed by atoms with Crippen molar-refractivity contribution in [3.05, 3.63) is 96.7 Å². The molecule has 8 nitrogen and oxygen atoms in total. The van der Waals surface area contributed by atoms with Gasteiger partial charge in [-0.3, -0.25) is 14.9 Å². The van der Waals surface area contributed by atoms with Crippen molar-refractivity contribution < 1.29 is 22.8 Å². The number of alkyl halides is 3. The molecule has 0 fully saturated rings. The molecule has 0 N–H and O–H groups in total. The maximum Gasteiger partial charge on any atom is 0.416 e. The number of hydrogen-bond donors (Lipinski definition) is 0. The van der Waals surface area contributed by atoms with Gasteiger partial charge in [0, 0.05) is 17.2 Å². The Bertz CT molecular complexity index is 1660. The van der Waals surface area contributed by atoms with Crippen LogP contribution in [0.1, 0.15) is 31.9 Å². The fourth-order valence-corrected chi connectivity index (χ4v) is 4.20. The zero-order chi connectivity index (χ0) is 28.5. The van der Waals surface area contributed by atoms with E-state index in [9.17, 15) is 28.1 Å². The van der Waals surface area contributed by atoms with Crippen molar-refractivity contribution in [2.24, 2.45) is 10.5 Å². The van der Waals surface area contributed by atoms with E-state index >= 15 is 0 Å². The van der Waals surface area contributed by atoms with Crippen LogP contribution in [0.25, 0.3) is 22.3 Å². The first kappa shape index (κ1) is 28.0. The lowest BCUT2D eigenvalue weighted by atomic mass is 9.99. The van der Waals surface area contributed by atoms with Gasteiger partial charge >= 0.3 is 11.9 Å². The smallest absolute Gasteiger partial charge is 0.416 e. The van der Waals surface area contributed by atoms with Crippen LogP contribution in [0.5, 0.6) is 5.75 Å². The van der Waals surface area contributed by atoms with Gasteiger partial charge in [0.05, 0.1) is 38.7 Å². The highest BCUT2D eigenvalue weighted by atomic mass is 79.9. The molecule has 0 atom stereocenters. The Hall–Kier alpha value is -4.06. The van der Waals surface area contributed by atoms with Crippen LogP contribution in [0.3, 0.4) is 0 Å². The number of nitrogens with zero attached hydrogens (tertiary/aromatic N) is 4. The Morgan fingerprint density at radius 1 is 1.10 bits per heavy atom. The first-order valence-corrected chi connectivity index (χ1v) is 12.4. The Morgan fingerprint density at radius 3 is 2.49 bits per heavy atom. The van der Waals surface area contributed by atoms with Gasteiger partial charge in [-0.05, 0) is 51.7 Å². The molecule has 0 aliphatic carbocycles. The van der Waals surface area contributed by atoms with Crippen LogP contribution in [0.15, 0.2) is 75.0 Å². The average molecular weight is 603 g/mol. The van der Waals surface area contributed by atoms with Crippen molar-refractivity contribution in [3.63, 3.8) is 0 Å². The van der Waals surface area contributed by atoms with Crippen molar-refractivity contribution in [1.82, 2.24) is 9.66 Å². The van der Waals surface area contributed by atoms with E-state index in [0.29, 0.717) is 4.47 Å². The number of hydrogen-bond acceptors (Lipinski definition) is 6. The molecule has 0 radical (unpaired) electrons. The number of para-hydroxylation sites is 1. The standard InChI is InChI=1S/C27H22BrF3N4O4/c1-26(2,3)15-39-23-20(28)11-16(12-22(23)35(37)38)14-32-34-24(17-7-6-8-18(13-17)27(29,30)31)33-21-10-5-4-9-19(21)25(34)36/h4-14H,15H2,1-3H3. The minimum atomic E-state index is -4.61. The monoisotopic (exact) mass is 602 g/mol. The van der Waals surface area contributed by atoms with Gasteiger partial charge in [0.2, 0.25) is 5.75 Å². The Balaban J connectivity index is 1.86. The highest BCUT2D eigenvalue weighted by molar-refractivity contribution is 9.10. The van der Waals surface area contributed by atoms with Crippen LogP contribution >= 0.6 is 15.9 Å². The van der Waals surface area contributed by atoms with Crippen LogP contribution < -0.4 is 10.3 Å². The van der Waals surface area contributed by atoms with Crippen molar-refractivity contribution in [3.8, 4) is 17.1 Å². The lowest BCUT2D eigenvalue weighted by Gasteiger charge is -2.19. The number of nitro benzene ring substituents is 1. The number of ether oxygens (including phenoxy) is 1. The van der Waals surface area contributed by atoms with Crippen LogP contribution in [-0.4, -0.2) is 27.4 Å². The van der Waals surface area contributed by atoms with E-state index in [1.165, 1.54) is 36.5 Å². The molecule has 0 spiro atoms. The summed E-state index contributed by atoms with van der Waals surface area (Å²) in [5.41, 5.74) is -1.57. The van der Waals surface area contributed by atoms with E-state index in [-0.39, 0.29) is 51.3 Å². The van der Waals surface area contributed by atoms with Crippen molar-refractivity contribution >= 4 is 38.7 Å². The van der Waals surface area contributed by atoms with Gasteiger partial charge in [-0.1, -0.05) is 45.0 Å². The number of fused-ring (bicyclic) bond motifs is 1. The largest absolute Gasteiger partial charge is 0.485 e. The molecule has 1 heterocycles. The minimum Gasteiger partial charge on any atom is -0.485 e. The lowest BCUT2D eigenvalue weighted by molar-refractivity contribution is -0.386. The summed E-state index contributed by atoms with van der Waals surface area (Å²) in [6, 6.07) is 13.5. The summed E-state index contributed by atoms with van der Waals surface area (Å²) < 4.78 is 47.1. The highest BCUT2D eigenvalue weighted by Crippen LogP contribution is 2.37. The van der Waals surface area contributed by atoms with E-state index in [2.05, 4.69) is 26.0 Å². The second-order valence-corrected chi connectivity index (χ2v) is 10.7. The summed E-state index contributed by atoms with van der Waals surface area (Å²) in [5.74, 6) is -0.0824. The van der Waals surface area contributed by atoms with Crippen molar-refractivity contribution in [2.45, 2.75) is 26.9 Å². The maximum absolute atomic E-state index is 13.4. The SMILES string of the molecule is CC(C)(C)COc1c(Br)cc(C=Nn2c(-c3cccc(C(F)(F)F)c3)nc3ccccc3c2=O)cc1[N+](=O)[O-]. The molecule has 0 unspecified atom stereocenters. The molecule has 39 heavy (non-hydrogen) atoms. The quantitative estimate of drug-likeness (QED) is 0.134. The fourth-order valence-electron chi connectivity index (χ4n) is 3.62. The van der Waals surface area contributed by atoms with Gasteiger partial charge in [-0.2, -0.15) is 22.9 Å². The van der Waals surface area contributed by atoms with E-state index < -0.39 is 22.2 Å². The zero-order valence-electron chi connectivity index (χ0n) is 21.0. The van der Waals surface area contributed by atoms with E-state index in [0.717, 1.165) is 16.8 Å². The Morgan fingerprint density at radius 2 is 1.82 bits per heavy atom. The van der Waals surface area contributed by atoms with Crippen LogP contribution in [-0.2, 0) is 6.18 Å². The number of aromatic nitrogens is 2. The molecular weight excluding hydrogens is 581 g/mol. The summed E-state index contributed by atoms with van der Waals surface area (Å²) in [7, 11) is 0. The molecule has 1 aromatic heterocycles. The molecule has 12 heteroatoms. The Kier molecular flexibility index (Phi) is 7.60. The van der Waals surface area contributed by atoms with Gasteiger partial charge in [-0.25, -0.2) is 4.98 Å². The van der Waals surface area contributed by atoms with Crippen LogP contribution in [0, 0.1) is 15.5 Å². The minimum absolute atomic E-state index is 0.0166. The molecule has 3 aromatic carbocycles. The lowest BCUT2D eigenvalue weighted by Crippen LogP contribution is -2.20. The molecule has 0 amide bonds. The fraction of sp³-hybridized carbons (Fsp3) is 0.222. The molecule has 202 valence electrons. The summed E-state index contributed by atoms with van der Waals surface area (Å²) in [6.07, 6.45) is -3.41. The summed E-state index contributed by atoms with van der Waals surface area (Å²) in [4.78, 5) is 28.9. The topological polar surface area (TPSA) is 99.6 Å². The van der Waals surface area contributed by atoms with Gasteiger partial charge in [0.25, 0.3) is 5.56 Å². The van der Waals surface area contributed by atoms with Crippen LogP contribution in [0.4, 0.5) is 18.9 Å². The molecule has 0 saturated carbocycles. The highest BCUT2D eigenvalue weighted by Gasteiger charge is 2.31. The molecule has 0 bridgehead atoms. The van der Waals surface area contributed by atoms with Gasteiger partial charge in [-0.15, -0.1) is 0 Å². The molecule has 0 aliphatic heterocycles. The molecule has 0 aliphatic rings. The van der Waals surface area contributed by atoms with E-state index in [1.54, 1.807) is 18.2 Å². The second kappa shape index (κ2) is 10.6. The molecule has 0 saturated heterocycles. The van der Waals surface area contributed by atoms with Crippen LogP contribution in [0.2, 0.25) is 0 Å². The zero-order valence-corrected chi connectivity index (χ0v) is 22.6. The van der Waals surface area contributed by atoms with Gasteiger partial charge in [0.15, 0.2) is 5.82 Å². The maximum atomic E-state index is 13.4. The Labute approximate surface area is 229 Å². The van der Waals surface area contributed by atoms with E-state index in [4.69, 9.17) is 4.74 Å². The second-order valence-electron chi connectivity index (χ2n) is 9.85. The number of nitro groups is 1. The molecular formula is C27H22BrF3N4O4. The van der Waals surface area contributed by atoms with Crippen molar-refractivity contribution in [1.29, 1.82) is 0 Å². The first-order valence-electron chi connectivity index (χ1n) is 11.6. The summed E-state index contributed by atoms with van der Waals surface area (Å²) in [5, 5.41) is 16.2. The number of rotatable bonds is 6. The van der Waals surface area contributed by atoms with Gasteiger partial charge in [0.1, 0.15) is 0 Å². The average Bonchev–Trinajstić information content (AvgIpc) is 2.86. The number of benzene rings is 3. The van der Waals surface area contributed by atoms with E-state index in [1.807, 2.05) is 20.8 Å². The summed E-state index contributed by atoms with van der Waals surface area (Å²) in [6.45, 7) is 5.99. The third kappa shape index (κ3) is 6.33.